The van der Waals surface area contributed by atoms with Gasteiger partial charge in [-0.05, 0) is 74.2 Å². The topological polar surface area (TPSA) is 78.3 Å². The van der Waals surface area contributed by atoms with E-state index in [1.807, 2.05) is 48.1 Å². The minimum absolute atomic E-state index is 0.0541. The number of carbonyl (C=O) groups excluding carboxylic acids is 1. The lowest BCUT2D eigenvalue weighted by Gasteiger charge is -2.30. The van der Waals surface area contributed by atoms with Crippen LogP contribution in [0.25, 0.3) is 17.1 Å². The molecule has 2 aliphatic rings. The van der Waals surface area contributed by atoms with Gasteiger partial charge in [0.1, 0.15) is 18.1 Å². The molecule has 1 aliphatic carbocycles. The van der Waals surface area contributed by atoms with Crippen LogP contribution in [0.15, 0.2) is 101 Å². The zero-order valence-corrected chi connectivity index (χ0v) is 32.7. The third-order valence-electron chi connectivity index (χ3n) is 10.2. The number of aryl methyl sites for hydroxylation is 3. The van der Waals surface area contributed by atoms with Crippen molar-refractivity contribution < 1.29 is 18.8 Å². The van der Waals surface area contributed by atoms with E-state index in [1.54, 1.807) is 18.9 Å². The molecule has 0 saturated heterocycles. The fourth-order valence-electron chi connectivity index (χ4n) is 7.53. The summed E-state index contributed by atoms with van der Waals surface area (Å²) >= 11 is 1.63. The number of allylic oxidation sites excluding steroid dienone is 4. The average molecular weight is 730 g/mol. The Morgan fingerprint density at radius 1 is 0.962 bits per heavy atom. The van der Waals surface area contributed by atoms with Gasteiger partial charge in [-0.1, -0.05) is 63.2 Å². The van der Waals surface area contributed by atoms with Crippen LogP contribution in [0.3, 0.4) is 0 Å². The van der Waals surface area contributed by atoms with Crippen molar-refractivity contribution in [2.24, 2.45) is 0 Å². The second-order valence-electron chi connectivity index (χ2n) is 14.2. The molecule has 0 radical (unpaired) electrons. The van der Waals surface area contributed by atoms with Gasteiger partial charge in [0, 0.05) is 57.7 Å². The van der Waals surface area contributed by atoms with Gasteiger partial charge in [0.15, 0.2) is 16.8 Å². The van der Waals surface area contributed by atoms with Gasteiger partial charge in [-0.25, -0.2) is 13.8 Å². The molecule has 2 aromatic heterocycles. The molecule has 274 valence electrons. The maximum Gasteiger partial charge on any atom is 0.283 e. The molecule has 0 N–H and O–H groups in total. The second kappa shape index (κ2) is 15.1. The lowest BCUT2D eigenvalue weighted by Crippen LogP contribution is -2.37. The van der Waals surface area contributed by atoms with Gasteiger partial charge >= 0.3 is 0 Å². The minimum Gasteiger partial charge on any atom is -0.497 e. The Labute approximate surface area is 316 Å². The standard InChI is InChI=1S/C43H49N6O3S/c1-8-20-48-36-18-16-31(51-7)22-35(36)43(5,6)39(48)24-33-41(50)34(42(33)53-28-46-26-29(4)44-45-46)25-40-47(10-3)38-23-32(17-19-37(38)49(40)21-9-2)52-27-30-14-12-11-13-15-30/h11-19,22-26H,8-10,20-21,27-28H2,1-7H3/q+1. The molecule has 0 saturated carbocycles. The van der Waals surface area contributed by atoms with E-state index in [-0.39, 0.29) is 11.2 Å². The number of imidazole rings is 1. The number of anilines is 1. The highest BCUT2D eigenvalue weighted by molar-refractivity contribution is 8.02. The van der Waals surface area contributed by atoms with E-state index in [9.17, 15) is 4.79 Å². The van der Waals surface area contributed by atoms with Crippen molar-refractivity contribution in [1.82, 2.24) is 19.6 Å². The van der Waals surface area contributed by atoms with Crippen molar-refractivity contribution in [1.29, 1.82) is 0 Å². The number of hydrogen-bond acceptors (Lipinski definition) is 7. The van der Waals surface area contributed by atoms with E-state index in [0.717, 1.165) is 93.8 Å². The van der Waals surface area contributed by atoms with Gasteiger partial charge in [-0.15, -0.1) is 16.9 Å². The second-order valence-corrected chi connectivity index (χ2v) is 15.1. The molecule has 3 aromatic carbocycles. The summed E-state index contributed by atoms with van der Waals surface area (Å²) < 4.78 is 18.4. The van der Waals surface area contributed by atoms with Crippen molar-refractivity contribution in [2.75, 3.05) is 18.6 Å². The van der Waals surface area contributed by atoms with Gasteiger partial charge in [-0.3, -0.25) is 4.79 Å². The van der Waals surface area contributed by atoms with E-state index < -0.39 is 0 Å². The molecule has 5 aromatic rings. The fraction of sp³-hybridized carbons (Fsp3) is 0.349. The first-order valence-corrected chi connectivity index (χ1v) is 19.6. The molecule has 1 aliphatic heterocycles. The Morgan fingerprint density at radius 3 is 2.45 bits per heavy atom. The molecular weight excluding hydrogens is 681 g/mol. The molecule has 0 spiro atoms. The summed E-state index contributed by atoms with van der Waals surface area (Å²) in [6.07, 6.45) is 8.11. The molecule has 53 heavy (non-hydrogen) atoms. The zero-order valence-electron chi connectivity index (χ0n) is 31.8. The van der Waals surface area contributed by atoms with Gasteiger partial charge in [0.05, 0.1) is 31.8 Å². The maximum atomic E-state index is 14.5. The quantitative estimate of drug-likeness (QED) is 0.0838. The number of nitrogens with zero attached hydrogens (tertiary/aromatic N) is 6. The third kappa shape index (κ3) is 6.81. The summed E-state index contributed by atoms with van der Waals surface area (Å²) in [4.78, 5) is 17.8. The molecule has 3 heterocycles. The monoisotopic (exact) mass is 729 g/mol. The Balaban J connectivity index is 1.33. The van der Waals surface area contributed by atoms with Crippen LogP contribution in [0.2, 0.25) is 0 Å². The first kappa shape index (κ1) is 36.3. The van der Waals surface area contributed by atoms with Crippen LogP contribution in [0.4, 0.5) is 5.69 Å². The predicted molar refractivity (Wildman–Crippen MR) is 213 cm³/mol. The molecule has 0 atom stereocenters. The van der Waals surface area contributed by atoms with Crippen molar-refractivity contribution >= 4 is 40.3 Å². The highest BCUT2D eigenvalue weighted by Crippen LogP contribution is 2.51. The van der Waals surface area contributed by atoms with Crippen LogP contribution in [-0.2, 0) is 35.8 Å². The lowest BCUT2D eigenvalue weighted by molar-refractivity contribution is -0.674. The summed E-state index contributed by atoms with van der Waals surface area (Å²) in [7, 11) is 1.71. The Morgan fingerprint density at radius 2 is 1.75 bits per heavy atom. The number of fused-ring (bicyclic) bond motifs is 2. The summed E-state index contributed by atoms with van der Waals surface area (Å²) in [6, 6.07) is 22.8. The summed E-state index contributed by atoms with van der Waals surface area (Å²) in [5, 5.41) is 8.51. The molecule has 0 amide bonds. The third-order valence-corrected chi connectivity index (χ3v) is 11.3. The highest BCUT2D eigenvalue weighted by atomic mass is 32.2. The number of aromatic nitrogens is 5. The van der Waals surface area contributed by atoms with Crippen molar-refractivity contribution in [3.8, 4) is 11.5 Å². The number of methoxy groups -OCH3 is 1. The Bertz CT molecular complexity index is 2260. The van der Waals surface area contributed by atoms with Crippen LogP contribution < -0.4 is 18.9 Å². The first-order valence-electron chi connectivity index (χ1n) is 18.6. The fourth-order valence-corrected chi connectivity index (χ4v) is 8.53. The SMILES string of the molecule is CCCN1C(=CC2=C(SCn3cc(C)nn3)C(=Cc3n(CC)c4cc(OCc5ccccc5)ccc4[n+]3CCC)C2=O)C(C)(C)c2cc(OC)ccc21. The van der Waals surface area contributed by atoms with Gasteiger partial charge in [-0.2, -0.15) is 0 Å². The maximum absolute atomic E-state index is 14.5. The number of rotatable bonds is 14. The number of benzene rings is 3. The number of Topliss-reactive ketones (excluding diaryl/α,β-unsaturated/α-hetero) is 1. The van der Waals surface area contributed by atoms with E-state index in [4.69, 9.17) is 9.47 Å². The number of hydrogen-bond donors (Lipinski definition) is 0. The predicted octanol–water partition coefficient (Wildman–Crippen LogP) is 8.55. The van der Waals surface area contributed by atoms with Crippen LogP contribution in [0, 0.1) is 6.92 Å². The van der Waals surface area contributed by atoms with Crippen molar-refractivity contribution in [2.45, 2.75) is 85.4 Å². The van der Waals surface area contributed by atoms with Crippen molar-refractivity contribution in [3.05, 3.63) is 123 Å². The zero-order chi connectivity index (χ0) is 37.3. The smallest absolute Gasteiger partial charge is 0.283 e. The van der Waals surface area contributed by atoms with Crippen LogP contribution in [0.5, 0.6) is 11.5 Å². The van der Waals surface area contributed by atoms with Gasteiger partial charge in [0.25, 0.3) is 5.82 Å². The molecule has 7 rings (SSSR count). The highest BCUT2D eigenvalue weighted by Gasteiger charge is 2.43. The van der Waals surface area contributed by atoms with E-state index in [1.165, 1.54) is 11.3 Å². The van der Waals surface area contributed by atoms with Crippen LogP contribution in [0.1, 0.15) is 70.1 Å². The van der Waals surface area contributed by atoms with Crippen LogP contribution >= 0.6 is 11.8 Å². The largest absolute Gasteiger partial charge is 0.497 e. The number of ketones is 1. The van der Waals surface area contributed by atoms with Crippen LogP contribution in [-0.4, -0.2) is 39.0 Å². The number of thioether (sulfide) groups is 1. The lowest BCUT2D eigenvalue weighted by atomic mass is 9.81. The molecule has 9 nitrogen and oxygen atoms in total. The van der Waals surface area contributed by atoms with Crippen molar-refractivity contribution in [3.63, 3.8) is 0 Å². The van der Waals surface area contributed by atoms with E-state index in [2.05, 4.69) is 108 Å². The van der Waals surface area contributed by atoms with Gasteiger partial charge in [0.2, 0.25) is 0 Å². The molecule has 10 heteroatoms. The minimum atomic E-state index is -0.330. The molecular formula is C43H49N6O3S+. The van der Waals surface area contributed by atoms with E-state index >= 15 is 0 Å². The Hall–Kier alpha value is -5.09. The molecule has 0 bridgehead atoms. The first-order chi connectivity index (χ1) is 25.7. The normalized spacial score (nSPS) is 16.6. The summed E-state index contributed by atoms with van der Waals surface area (Å²) in [5.41, 5.74) is 8.80. The average Bonchev–Trinajstić information content (AvgIpc) is 3.78. The Kier molecular flexibility index (Phi) is 10.3. The van der Waals surface area contributed by atoms with Gasteiger partial charge < -0.3 is 14.4 Å². The number of carbonyl (C=O) groups is 1. The summed E-state index contributed by atoms with van der Waals surface area (Å²) in [6.45, 7) is 15.9. The molecule has 0 fully saturated rings. The number of ether oxygens (including phenoxy) is 2. The molecule has 0 unspecified atom stereocenters. The summed E-state index contributed by atoms with van der Waals surface area (Å²) in [5.74, 6) is 3.25. The van der Waals surface area contributed by atoms with E-state index in [0.29, 0.717) is 12.5 Å².